The molecule has 86 valence electrons. The van der Waals surface area contributed by atoms with Crippen LogP contribution in [0.2, 0.25) is 0 Å². The fraction of sp³-hybridized carbons (Fsp3) is 0.143. The molecule has 1 amide bonds. The van der Waals surface area contributed by atoms with Crippen LogP contribution < -0.4 is 4.72 Å². The summed E-state index contributed by atoms with van der Waals surface area (Å²) in [5.41, 5.74) is 0. The molecule has 1 unspecified atom stereocenters. The largest absolute Gasteiger partial charge is 0.273 e. The Hall–Kier alpha value is -1.12. The average molecular weight is 282 g/mol. The highest BCUT2D eigenvalue weighted by atomic mass is 35.5. The molecule has 1 fully saturated rings. The molecular weight excluding hydrogens is 278 g/mol. The predicted octanol–water partition coefficient (Wildman–Crippen LogP) is -0.866. The van der Waals surface area contributed by atoms with Gasteiger partial charge in [0, 0.05) is 5.03 Å². The molecule has 0 saturated carbocycles. The summed E-state index contributed by atoms with van der Waals surface area (Å²) in [7, 11) is -6.65. The maximum atomic E-state index is 11.4. The summed E-state index contributed by atoms with van der Waals surface area (Å²) in [5.74, 6) is -2.20. The molecule has 2 aliphatic rings. The number of amides is 1. The van der Waals surface area contributed by atoms with Gasteiger partial charge in [0.2, 0.25) is 16.2 Å². The Bertz CT molecular complexity index is 674. The minimum atomic E-state index is -3.95. The van der Waals surface area contributed by atoms with Gasteiger partial charge in [-0.1, -0.05) is 11.6 Å². The second-order valence-electron chi connectivity index (χ2n) is 3.12. The SMILES string of the molecule is O=C1NS(=O)(=O)C2=CC(Cl)=CC(=S(=O)=O)C12. The zero-order chi connectivity index (χ0) is 12.1. The van der Waals surface area contributed by atoms with Crippen molar-refractivity contribution >= 4 is 42.7 Å². The van der Waals surface area contributed by atoms with Gasteiger partial charge in [-0.2, -0.15) is 8.42 Å². The summed E-state index contributed by atoms with van der Waals surface area (Å²) in [5, 5.41) is -0.0504. The lowest BCUT2D eigenvalue weighted by Crippen LogP contribution is -2.26. The third-order valence-corrected chi connectivity index (χ3v) is 4.53. The Morgan fingerprint density at radius 3 is 2.50 bits per heavy atom. The van der Waals surface area contributed by atoms with Gasteiger partial charge in [-0.05, 0) is 12.2 Å². The van der Waals surface area contributed by atoms with Crippen molar-refractivity contribution in [1.82, 2.24) is 4.72 Å². The molecular formula is C7H4ClNO5S2. The smallest absolute Gasteiger partial charge is 0.261 e. The molecule has 0 aromatic heterocycles. The molecule has 6 nitrogen and oxygen atoms in total. The Labute approximate surface area is 97.2 Å². The number of halogens is 1. The highest BCUT2D eigenvalue weighted by Crippen LogP contribution is 2.32. The van der Waals surface area contributed by atoms with Gasteiger partial charge < -0.3 is 0 Å². The van der Waals surface area contributed by atoms with E-state index in [4.69, 9.17) is 11.6 Å². The molecule has 1 N–H and O–H groups in total. The van der Waals surface area contributed by atoms with Gasteiger partial charge in [0.05, 0.1) is 9.77 Å². The Morgan fingerprint density at radius 2 is 1.94 bits per heavy atom. The normalized spacial score (nSPS) is 26.7. The molecule has 0 aromatic carbocycles. The first kappa shape index (κ1) is 11.4. The van der Waals surface area contributed by atoms with Gasteiger partial charge in [-0.3, -0.25) is 4.79 Å². The van der Waals surface area contributed by atoms with Crippen molar-refractivity contribution in [1.29, 1.82) is 0 Å². The summed E-state index contributed by atoms with van der Waals surface area (Å²) in [6.45, 7) is 0. The van der Waals surface area contributed by atoms with Crippen molar-refractivity contribution in [2.24, 2.45) is 5.92 Å². The zero-order valence-corrected chi connectivity index (χ0v) is 9.86. The molecule has 16 heavy (non-hydrogen) atoms. The fourth-order valence-corrected chi connectivity index (χ4v) is 3.92. The van der Waals surface area contributed by atoms with Crippen LogP contribution in [0.1, 0.15) is 0 Å². The number of hydrogen-bond donors (Lipinski definition) is 1. The first-order valence-electron chi connectivity index (χ1n) is 3.94. The van der Waals surface area contributed by atoms with Crippen molar-refractivity contribution in [3.63, 3.8) is 0 Å². The first-order valence-corrected chi connectivity index (χ1v) is 6.88. The van der Waals surface area contributed by atoms with E-state index < -0.39 is 32.1 Å². The van der Waals surface area contributed by atoms with Crippen LogP contribution in [0.15, 0.2) is 22.1 Å². The van der Waals surface area contributed by atoms with Crippen LogP contribution in [-0.4, -0.2) is 27.6 Å². The number of carbonyl (C=O) groups is 1. The summed E-state index contributed by atoms with van der Waals surface area (Å²) in [4.78, 5) is 10.7. The van der Waals surface area contributed by atoms with E-state index in [2.05, 4.69) is 0 Å². The lowest BCUT2D eigenvalue weighted by Gasteiger charge is -2.10. The van der Waals surface area contributed by atoms with E-state index >= 15 is 0 Å². The van der Waals surface area contributed by atoms with Crippen LogP contribution in [0, 0.1) is 5.92 Å². The monoisotopic (exact) mass is 281 g/mol. The van der Waals surface area contributed by atoms with Crippen molar-refractivity contribution in [2.75, 3.05) is 0 Å². The molecule has 1 heterocycles. The van der Waals surface area contributed by atoms with Gasteiger partial charge in [0.25, 0.3) is 10.0 Å². The highest BCUT2D eigenvalue weighted by molar-refractivity contribution is 7.94. The summed E-state index contributed by atoms with van der Waals surface area (Å²) >= 11 is 5.58. The Kier molecular flexibility index (Phi) is 2.44. The van der Waals surface area contributed by atoms with E-state index in [0.717, 1.165) is 12.2 Å². The third kappa shape index (κ3) is 1.58. The predicted molar refractivity (Wildman–Crippen MR) is 56.5 cm³/mol. The first-order chi connectivity index (χ1) is 7.33. The second-order valence-corrected chi connectivity index (χ2v) is 6.18. The van der Waals surface area contributed by atoms with E-state index in [1.807, 2.05) is 0 Å². The molecule has 0 radical (unpaired) electrons. The van der Waals surface area contributed by atoms with E-state index in [-0.39, 0.29) is 14.8 Å². The topological polar surface area (TPSA) is 97.4 Å². The van der Waals surface area contributed by atoms with Gasteiger partial charge in [0.15, 0.2) is 0 Å². The quantitative estimate of drug-likeness (QED) is 0.582. The van der Waals surface area contributed by atoms with Crippen LogP contribution in [0.4, 0.5) is 0 Å². The minimum Gasteiger partial charge on any atom is -0.273 e. The number of fused-ring (bicyclic) bond motifs is 1. The molecule has 0 spiro atoms. The van der Waals surface area contributed by atoms with Crippen molar-refractivity contribution in [3.05, 3.63) is 22.1 Å². The van der Waals surface area contributed by atoms with Crippen LogP contribution in [0.25, 0.3) is 0 Å². The number of allylic oxidation sites excluding steroid dienone is 3. The maximum absolute atomic E-state index is 11.4. The standard InChI is InChI=1S/C7H4ClNO5S2/c8-3-1-4(15(11)12)6-5(2-3)16(13,14)9-7(6)10/h1-2,6H,(H,9,10). The van der Waals surface area contributed by atoms with Crippen LogP contribution >= 0.6 is 11.6 Å². The summed E-state index contributed by atoms with van der Waals surface area (Å²) in [6, 6.07) is 0. The average Bonchev–Trinajstić information content (AvgIpc) is 2.36. The summed E-state index contributed by atoms with van der Waals surface area (Å²) < 4.78 is 46.3. The molecule has 9 heteroatoms. The lowest BCUT2D eigenvalue weighted by atomic mass is 10.00. The fourth-order valence-electron chi connectivity index (χ4n) is 1.51. The molecule has 1 atom stereocenters. The van der Waals surface area contributed by atoms with Crippen molar-refractivity contribution in [2.45, 2.75) is 0 Å². The van der Waals surface area contributed by atoms with E-state index in [9.17, 15) is 21.6 Å². The number of nitrogens with one attached hydrogen (secondary N) is 1. The number of rotatable bonds is 0. The number of carbonyl (C=O) groups excluding carboxylic acids is 1. The van der Waals surface area contributed by atoms with Crippen molar-refractivity contribution in [3.8, 4) is 0 Å². The molecule has 1 aliphatic carbocycles. The van der Waals surface area contributed by atoms with E-state index in [0.29, 0.717) is 0 Å². The molecule has 0 aromatic rings. The molecule has 2 rings (SSSR count). The number of sulfonamides is 1. The minimum absolute atomic E-state index is 0.0504. The number of hydrogen-bond acceptors (Lipinski definition) is 5. The Morgan fingerprint density at radius 1 is 1.31 bits per heavy atom. The van der Waals surface area contributed by atoms with E-state index in [1.54, 1.807) is 4.72 Å². The van der Waals surface area contributed by atoms with Crippen LogP contribution in [0.5, 0.6) is 0 Å². The maximum Gasteiger partial charge on any atom is 0.261 e. The molecule has 1 aliphatic heterocycles. The zero-order valence-electron chi connectivity index (χ0n) is 7.47. The van der Waals surface area contributed by atoms with Crippen molar-refractivity contribution < 1.29 is 21.6 Å². The highest BCUT2D eigenvalue weighted by Gasteiger charge is 2.45. The van der Waals surface area contributed by atoms with Crippen LogP contribution in [-0.2, 0) is 25.1 Å². The van der Waals surface area contributed by atoms with Gasteiger partial charge in [-0.25, -0.2) is 13.1 Å². The van der Waals surface area contributed by atoms with Gasteiger partial charge in [0.1, 0.15) is 5.92 Å². The lowest BCUT2D eigenvalue weighted by molar-refractivity contribution is -0.119. The summed E-state index contributed by atoms with van der Waals surface area (Å²) in [6.07, 6.45) is 2.12. The second kappa shape index (κ2) is 3.44. The molecule has 1 saturated heterocycles. The van der Waals surface area contributed by atoms with E-state index in [1.165, 1.54) is 0 Å². The van der Waals surface area contributed by atoms with Crippen LogP contribution in [0.3, 0.4) is 0 Å². The molecule has 0 bridgehead atoms. The third-order valence-electron chi connectivity index (χ3n) is 2.13. The van der Waals surface area contributed by atoms with Gasteiger partial charge in [-0.15, -0.1) is 0 Å². The van der Waals surface area contributed by atoms with Gasteiger partial charge >= 0.3 is 0 Å². The Balaban J connectivity index is 2.80.